The van der Waals surface area contributed by atoms with E-state index in [4.69, 9.17) is 11.6 Å². The molecule has 0 saturated heterocycles. The molecule has 2 aromatic rings. The first kappa shape index (κ1) is 19.2. The summed E-state index contributed by atoms with van der Waals surface area (Å²) in [4.78, 5) is 21.9. The molecule has 1 aromatic heterocycles. The standard InChI is InChI=1S/C17H22ClN5OS/c1-11-12(2)25-15(23-11)10-22-17(19-3)21-9-8-20-16(24)13-6-4-5-7-14(13)18/h4-7H,8-10H2,1-3H3,(H,20,24)(H2,19,21,22). The number of guanidine groups is 1. The Morgan fingerprint density at radius 1 is 1.20 bits per heavy atom. The molecule has 0 radical (unpaired) electrons. The number of hydrogen-bond acceptors (Lipinski definition) is 4. The average molecular weight is 380 g/mol. The number of benzene rings is 1. The Hall–Kier alpha value is -2.12. The molecule has 1 heterocycles. The van der Waals surface area contributed by atoms with Crippen molar-refractivity contribution >= 4 is 34.8 Å². The molecule has 0 atom stereocenters. The van der Waals surface area contributed by atoms with Gasteiger partial charge in [-0.1, -0.05) is 23.7 Å². The van der Waals surface area contributed by atoms with Gasteiger partial charge in [0, 0.05) is 25.0 Å². The predicted molar refractivity (Wildman–Crippen MR) is 104 cm³/mol. The molecule has 0 bridgehead atoms. The van der Waals surface area contributed by atoms with Gasteiger partial charge in [-0.15, -0.1) is 11.3 Å². The Bertz CT molecular complexity index is 740. The molecule has 25 heavy (non-hydrogen) atoms. The summed E-state index contributed by atoms with van der Waals surface area (Å²) in [7, 11) is 1.70. The number of rotatable bonds is 6. The third-order valence-corrected chi connectivity index (χ3v) is 4.93. The highest BCUT2D eigenvalue weighted by atomic mass is 35.5. The van der Waals surface area contributed by atoms with Crippen LogP contribution in [0.15, 0.2) is 29.3 Å². The zero-order chi connectivity index (χ0) is 18.2. The van der Waals surface area contributed by atoms with Gasteiger partial charge in [0.1, 0.15) is 5.01 Å². The minimum absolute atomic E-state index is 0.191. The lowest BCUT2D eigenvalue weighted by atomic mass is 10.2. The molecular weight excluding hydrogens is 358 g/mol. The number of carbonyl (C=O) groups is 1. The fraction of sp³-hybridized carbons (Fsp3) is 0.353. The fourth-order valence-electron chi connectivity index (χ4n) is 2.09. The van der Waals surface area contributed by atoms with Crippen LogP contribution in [0, 0.1) is 13.8 Å². The Labute approximate surface area is 156 Å². The van der Waals surface area contributed by atoms with Crippen LogP contribution in [0.4, 0.5) is 0 Å². The van der Waals surface area contributed by atoms with E-state index in [0.29, 0.717) is 36.2 Å². The summed E-state index contributed by atoms with van der Waals surface area (Å²) in [6.07, 6.45) is 0. The number of aromatic nitrogens is 1. The molecule has 2 rings (SSSR count). The number of hydrogen-bond donors (Lipinski definition) is 3. The number of carbonyl (C=O) groups excluding carboxylic acids is 1. The highest BCUT2D eigenvalue weighted by Crippen LogP contribution is 2.16. The fourth-order valence-corrected chi connectivity index (χ4v) is 3.19. The maximum atomic E-state index is 12.0. The molecule has 0 aliphatic rings. The molecule has 0 aliphatic heterocycles. The van der Waals surface area contributed by atoms with Crippen molar-refractivity contribution in [2.24, 2.45) is 4.99 Å². The second kappa shape index (κ2) is 9.39. The summed E-state index contributed by atoms with van der Waals surface area (Å²) in [6.45, 7) is 5.69. The quantitative estimate of drug-likeness (QED) is 0.409. The van der Waals surface area contributed by atoms with Crippen LogP contribution >= 0.6 is 22.9 Å². The summed E-state index contributed by atoms with van der Waals surface area (Å²) in [5.41, 5.74) is 1.54. The van der Waals surface area contributed by atoms with Gasteiger partial charge in [0.15, 0.2) is 5.96 Å². The summed E-state index contributed by atoms with van der Waals surface area (Å²) in [5, 5.41) is 10.6. The molecule has 0 aliphatic carbocycles. The van der Waals surface area contributed by atoms with Crippen LogP contribution in [0.5, 0.6) is 0 Å². The minimum Gasteiger partial charge on any atom is -0.355 e. The zero-order valence-electron chi connectivity index (χ0n) is 14.5. The van der Waals surface area contributed by atoms with Gasteiger partial charge in [0.2, 0.25) is 0 Å². The van der Waals surface area contributed by atoms with Crippen molar-refractivity contribution in [1.29, 1.82) is 0 Å². The van der Waals surface area contributed by atoms with Gasteiger partial charge in [0.25, 0.3) is 5.91 Å². The summed E-state index contributed by atoms with van der Waals surface area (Å²) in [5.74, 6) is 0.474. The molecule has 8 heteroatoms. The van der Waals surface area contributed by atoms with E-state index in [1.807, 2.05) is 6.92 Å². The molecule has 0 saturated carbocycles. The first-order chi connectivity index (χ1) is 12.0. The number of halogens is 1. The van der Waals surface area contributed by atoms with Crippen molar-refractivity contribution < 1.29 is 4.79 Å². The van der Waals surface area contributed by atoms with Crippen LogP contribution in [-0.4, -0.2) is 37.0 Å². The molecule has 1 amide bonds. The van der Waals surface area contributed by atoms with Crippen molar-refractivity contribution in [3.63, 3.8) is 0 Å². The van der Waals surface area contributed by atoms with E-state index < -0.39 is 0 Å². The highest BCUT2D eigenvalue weighted by molar-refractivity contribution is 7.11. The Morgan fingerprint density at radius 2 is 1.92 bits per heavy atom. The first-order valence-corrected chi connectivity index (χ1v) is 9.11. The van der Waals surface area contributed by atoms with Crippen LogP contribution in [0.3, 0.4) is 0 Å². The number of aryl methyl sites for hydroxylation is 2. The average Bonchev–Trinajstić information content (AvgIpc) is 2.92. The van der Waals surface area contributed by atoms with Crippen LogP contribution < -0.4 is 16.0 Å². The molecule has 1 aromatic carbocycles. The lowest BCUT2D eigenvalue weighted by Crippen LogP contribution is -2.41. The van der Waals surface area contributed by atoms with Gasteiger partial charge >= 0.3 is 0 Å². The smallest absolute Gasteiger partial charge is 0.252 e. The lowest BCUT2D eigenvalue weighted by molar-refractivity contribution is 0.0954. The number of aliphatic imine (C=N–C) groups is 1. The summed E-state index contributed by atoms with van der Waals surface area (Å²) >= 11 is 7.68. The van der Waals surface area contributed by atoms with Gasteiger partial charge in [0.05, 0.1) is 22.8 Å². The maximum Gasteiger partial charge on any atom is 0.252 e. The number of thiazole rings is 1. The van der Waals surface area contributed by atoms with E-state index in [-0.39, 0.29) is 5.91 Å². The van der Waals surface area contributed by atoms with Crippen LogP contribution in [0.1, 0.15) is 25.9 Å². The maximum absolute atomic E-state index is 12.0. The minimum atomic E-state index is -0.191. The topological polar surface area (TPSA) is 78.4 Å². The van der Waals surface area contributed by atoms with E-state index in [1.54, 1.807) is 42.6 Å². The molecule has 134 valence electrons. The normalized spacial score (nSPS) is 11.3. The molecule has 3 N–H and O–H groups in total. The van der Waals surface area contributed by atoms with Crippen molar-refractivity contribution in [2.45, 2.75) is 20.4 Å². The van der Waals surface area contributed by atoms with E-state index in [2.05, 4.69) is 32.9 Å². The summed E-state index contributed by atoms with van der Waals surface area (Å²) < 4.78 is 0. The van der Waals surface area contributed by atoms with Gasteiger partial charge in [-0.3, -0.25) is 9.79 Å². The molecule has 6 nitrogen and oxygen atoms in total. The number of amides is 1. The second-order valence-electron chi connectivity index (χ2n) is 5.34. The van der Waals surface area contributed by atoms with Crippen LogP contribution in [-0.2, 0) is 6.54 Å². The van der Waals surface area contributed by atoms with Crippen LogP contribution in [0.25, 0.3) is 0 Å². The highest BCUT2D eigenvalue weighted by Gasteiger charge is 2.08. The summed E-state index contributed by atoms with van der Waals surface area (Å²) in [6, 6.07) is 6.97. The number of nitrogens with zero attached hydrogens (tertiary/aromatic N) is 2. The van der Waals surface area contributed by atoms with Crippen molar-refractivity contribution in [1.82, 2.24) is 20.9 Å². The zero-order valence-corrected chi connectivity index (χ0v) is 16.1. The largest absolute Gasteiger partial charge is 0.355 e. The lowest BCUT2D eigenvalue weighted by Gasteiger charge is -2.11. The van der Waals surface area contributed by atoms with E-state index >= 15 is 0 Å². The van der Waals surface area contributed by atoms with E-state index in [1.165, 1.54) is 4.88 Å². The Kier molecular flexibility index (Phi) is 7.21. The Balaban J connectivity index is 1.72. The Morgan fingerprint density at radius 3 is 2.56 bits per heavy atom. The van der Waals surface area contributed by atoms with Gasteiger partial charge in [-0.05, 0) is 26.0 Å². The van der Waals surface area contributed by atoms with Crippen molar-refractivity contribution in [3.8, 4) is 0 Å². The second-order valence-corrected chi connectivity index (χ2v) is 7.03. The number of nitrogens with one attached hydrogen (secondary N) is 3. The van der Waals surface area contributed by atoms with E-state index in [0.717, 1.165) is 10.7 Å². The van der Waals surface area contributed by atoms with Crippen molar-refractivity contribution in [2.75, 3.05) is 20.1 Å². The van der Waals surface area contributed by atoms with E-state index in [9.17, 15) is 4.79 Å². The van der Waals surface area contributed by atoms with Gasteiger partial charge < -0.3 is 16.0 Å². The SMILES string of the molecule is CN=C(NCCNC(=O)c1ccccc1Cl)NCc1nc(C)c(C)s1. The predicted octanol–water partition coefficient (Wildman–Crippen LogP) is 2.51. The molecular formula is C17H22ClN5OS. The van der Waals surface area contributed by atoms with Gasteiger partial charge in [-0.25, -0.2) is 4.98 Å². The molecule has 0 spiro atoms. The third kappa shape index (κ3) is 5.72. The molecule has 0 fully saturated rings. The van der Waals surface area contributed by atoms with Crippen molar-refractivity contribution in [3.05, 3.63) is 50.4 Å². The van der Waals surface area contributed by atoms with Crippen LogP contribution in [0.2, 0.25) is 5.02 Å². The molecule has 0 unspecified atom stereocenters. The monoisotopic (exact) mass is 379 g/mol. The first-order valence-electron chi connectivity index (χ1n) is 7.91. The van der Waals surface area contributed by atoms with Gasteiger partial charge in [-0.2, -0.15) is 0 Å². The third-order valence-electron chi connectivity index (χ3n) is 3.52.